The van der Waals surface area contributed by atoms with Crippen molar-refractivity contribution in [3.05, 3.63) is 16.5 Å². The number of nitrogens with zero attached hydrogens (tertiary/aromatic N) is 4. The van der Waals surface area contributed by atoms with Gasteiger partial charge in [0.25, 0.3) is 0 Å². The lowest BCUT2D eigenvalue weighted by atomic mass is 9.95. The predicted molar refractivity (Wildman–Crippen MR) is 80.2 cm³/mol. The van der Waals surface area contributed by atoms with Crippen LogP contribution in [0.25, 0.3) is 0 Å². The molecular weight excluding hydrogens is 260 g/mol. The molecule has 0 spiro atoms. The van der Waals surface area contributed by atoms with E-state index in [9.17, 15) is 0 Å². The van der Waals surface area contributed by atoms with Gasteiger partial charge in [0.05, 0.1) is 0 Å². The molecule has 0 unspecified atom stereocenters. The molecule has 1 aliphatic heterocycles. The summed E-state index contributed by atoms with van der Waals surface area (Å²) in [5, 5.41) is 0.578. The lowest BCUT2D eigenvalue weighted by Gasteiger charge is -2.34. The summed E-state index contributed by atoms with van der Waals surface area (Å²) in [6, 6.07) is 0. The third-order valence-corrected chi connectivity index (χ3v) is 3.90. The Morgan fingerprint density at radius 1 is 1.05 bits per heavy atom. The van der Waals surface area contributed by atoms with Crippen LogP contribution < -0.4 is 4.90 Å². The molecule has 106 valence electrons. The highest BCUT2D eigenvalue weighted by molar-refractivity contribution is 6.30. The first-order valence-electron chi connectivity index (χ1n) is 6.77. The van der Waals surface area contributed by atoms with Gasteiger partial charge in [0.2, 0.25) is 0 Å². The van der Waals surface area contributed by atoms with Crippen molar-refractivity contribution in [1.29, 1.82) is 0 Å². The Balaban J connectivity index is 2.36. The van der Waals surface area contributed by atoms with Crippen molar-refractivity contribution < 1.29 is 0 Å². The van der Waals surface area contributed by atoms with Gasteiger partial charge in [0.15, 0.2) is 0 Å². The van der Waals surface area contributed by atoms with Crippen LogP contribution >= 0.6 is 11.6 Å². The molecule has 0 amide bonds. The molecule has 0 aromatic carbocycles. The van der Waals surface area contributed by atoms with Crippen molar-refractivity contribution in [3.63, 3.8) is 0 Å². The maximum Gasteiger partial charge on any atom is 0.137 e. The molecule has 1 aromatic rings. The van der Waals surface area contributed by atoms with Crippen molar-refractivity contribution in [2.45, 2.75) is 33.1 Å². The second-order valence-electron chi connectivity index (χ2n) is 6.33. The number of likely N-dealkylation sites (N-methyl/N-ethyl adjacent to an activating group) is 1. The highest BCUT2D eigenvalue weighted by Gasteiger charge is 2.24. The fourth-order valence-electron chi connectivity index (χ4n) is 2.14. The van der Waals surface area contributed by atoms with Crippen LogP contribution in [0, 0.1) is 6.92 Å². The Morgan fingerprint density at radius 3 is 2.16 bits per heavy atom. The standard InChI is InChI=1S/C14H23ClN4/c1-10-11(15)16-13(14(2,3)4)17-12(10)19-8-6-18(5)7-9-19/h6-9H2,1-5H3. The molecule has 2 heterocycles. The molecule has 1 aromatic heterocycles. The molecule has 0 bridgehead atoms. The molecule has 5 heteroatoms. The van der Waals surface area contributed by atoms with E-state index in [-0.39, 0.29) is 5.41 Å². The summed E-state index contributed by atoms with van der Waals surface area (Å²) in [7, 11) is 2.15. The second-order valence-corrected chi connectivity index (χ2v) is 6.68. The minimum Gasteiger partial charge on any atom is -0.354 e. The van der Waals surface area contributed by atoms with Crippen LogP contribution in [-0.4, -0.2) is 48.1 Å². The lowest BCUT2D eigenvalue weighted by molar-refractivity contribution is 0.311. The lowest BCUT2D eigenvalue weighted by Crippen LogP contribution is -2.45. The summed E-state index contributed by atoms with van der Waals surface area (Å²) >= 11 is 6.28. The highest BCUT2D eigenvalue weighted by Crippen LogP contribution is 2.28. The van der Waals surface area contributed by atoms with Gasteiger partial charge >= 0.3 is 0 Å². The van der Waals surface area contributed by atoms with Crippen LogP contribution in [0.5, 0.6) is 0 Å². The number of anilines is 1. The molecule has 0 N–H and O–H groups in total. The molecular formula is C14H23ClN4. The Hall–Kier alpha value is -0.870. The number of halogens is 1. The third kappa shape index (κ3) is 3.18. The quantitative estimate of drug-likeness (QED) is 0.741. The van der Waals surface area contributed by atoms with E-state index in [1.165, 1.54) is 0 Å². The van der Waals surface area contributed by atoms with Crippen molar-refractivity contribution in [1.82, 2.24) is 14.9 Å². The zero-order chi connectivity index (χ0) is 14.2. The maximum atomic E-state index is 6.28. The zero-order valence-electron chi connectivity index (χ0n) is 12.5. The Morgan fingerprint density at radius 2 is 1.63 bits per heavy atom. The normalized spacial score (nSPS) is 17.9. The summed E-state index contributed by atoms with van der Waals surface area (Å²) in [6.45, 7) is 12.5. The maximum absolute atomic E-state index is 6.28. The number of hydrogen-bond donors (Lipinski definition) is 0. The molecule has 1 fully saturated rings. The van der Waals surface area contributed by atoms with Crippen LogP contribution in [0.3, 0.4) is 0 Å². The number of aromatic nitrogens is 2. The third-order valence-electron chi connectivity index (χ3n) is 3.53. The fourth-order valence-corrected chi connectivity index (χ4v) is 2.30. The average Bonchev–Trinajstić information content (AvgIpc) is 2.32. The highest BCUT2D eigenvalue weighted by atomic mass is 35.5. The van der Waals surface area contributed by atoms with Crippen molar-refractivity contribution in [2.24, 2.45) is 0 Å². The van der Waals surface area contributed by atoms with Crippen molar-refractivity contribution >= 4 is 17.4 Å². The SMILES string of the molecule is Cc1c(Cl)nc(C(C)(C)C)nc1N1CCN(C)CC1. The summed E-state index contributed by atoms with van der Waals surface area (Å²) in [5.41, 5.74) is 0.901. The van der Waals surface area contributed by atoms with E-state index >= 15 is 0 Å². The predicted octanol–water partition coefficient (Wildman–Crippen LogP) is 2.49. The van der Waals surface area contributed by atoms with Gasteiger partial charge in [-0.2, -0.15) is 0 Å². The van der Waals surface area contributed by atoms with Crippen LogP contribution in [0.4, 0.5) is 5.82 Å². The van der Waals surface area contributed by atoms with E-state index in [4.69, 9.17) is 16.6 Å². The Labute approximate surface area is 120 Å². The van der Waals surface area contributed by atoms with Gasteiger partial charge in [-0.15, -0.1) is 0 Å². The monoisotopic (exact) mass is 282 g/mol. The van der Waals surface area contributed by atoms with E-state index < -0.39 is 0 Å². The van der Waals surface area contributed by atoms with E-state index in [0.717, 1.165) is 43.4 Å². The molecule has 2 rings (SSSR count). The minimum absolute atomic E-state index is 0.0847. The number of piperazine rings is 1. The van der Waals surface area contributed by atoms with E-state index in [2.05, 4.69) is 42.6 Å². The zero-order valence-corrected chi connectivity index (χ0v) is 13.3. The molecule has 4 nitrogen and oxygen atoms in total. The summed E-state index contributed by atoms with van der Waals surface area (Å²) < 4.78 is 0. The molecule has 19 heavy (non-hydrogen) atoms. The van der Waals surface area contributed by atoms with Gasteiger partial charge in [-0.1, -0.05) is 32.4 Å². The largest absolute Gasteiger partial charge is 0.354 e. The van der Waals surface area contributed by atoms with E-state index in [1.807, 2.05) is 6.92 Å². The Bertz CT molecular complexity index is 459. The Kier molecular flexibility index (Phi) is 4.02. The van der Waals surface area contributed by atoms with E-state index in [1.54, 1.807) is 0 Å². The van der Waals surface area contributed by atoms with Gasteiger partial charge in [-0.3, -0.25) is 0 Å². The summed E-state index contributed by atoms with van der Waals surface area (Å²) in [4.78, 5) is 13.8. The van der Waals surface area contributed by atoms with Crippen LogP contribution in [0.1, 0.15) is 32.2 Å². The molecule has 0 radical (unpaired) electrons. The fraction of sp³-hybridized carbons (Fsp3) is 0.714. The molecule has 0 saturated carbocycles. The van der Waals surface area contributed by atoms with Crippen molar-refractivity contribution in [3.8, 4) is 0 Å². The number of rotatable bonds is 1. The summed E-state index contributed by atoms with van der Waals surface area (Å²) in [6.07, 6.45) is 0. The van der Waals surface area contributed by atoms with E-state index in [0.29, 0.717) is 5.15 Å². The second kappa shape index (κ2) is 5.25. The van der Waals surface area contributed by atoms with Gasteiger partial charge in [-0.25, -0.2) is 9.97 Å². The van der Waals surface area contributed by atoms with Gasteiger partial charge in [0.1, 0.15) is 16.8 Å². The molecule has 0 atom stereocenters. The van der Waals surface area contributed by atoms with Gasteiger partial charge in [0, 0.05) is 37.2 Å². The first-order valence-corrected chi connectivity index (χ1v) is 7.15. The molecule has 0 aliphatic carbocycles. The average molecular weight is 283 g/mol. The first-order chi connectivity index (χ1) is 8.79. The van der Waals surface area contributed by atoms with Crippen LogP contribution in [0.2, 0.25) is 5.15 Å². The first kappa shape index (κ1) is 14.5. The number of hydrogen-bond acceptors (Lipinski definition) is 4. The minimum atomic E-state index is -0.0847. The molecule has 1 aliphatic rings. The van der Waals surface area contributed by atoms with Crippen LogP contribution in [-0.2, 0) is 5.41 Å². The van der Waals surface area contributed by atoms with Gasteiger partial charge < -0.3 is 9.80 Å². The van der Waals surface area contributed by atoms with Crippen LogP contribution in [0.15, 0.2) is 0 Å². The van der Waals surface area contributed by atoms with Crippen molar-refractivity contribution in [2.75, 3.05) is 38.1 Å². The topological polar surface area (TPSA) is 32.3 Å². The smallest absolute Gasteiger partial charge is 0.137 e. The van der Waals surface area contributed by atoms with Gasteiger partial charge in [-0.05, 0) is 14.0 Å². The molecule has 1 saturated heterocycles. The summed E-state index contributed by atoms with van der Waals surface area (Å²) in [5.74, 6) is 1.81.